The molecule has 0 aromatic rings. The molecule has 0 amide bonds. The van der Waals surface area contributed by atoms with Gasteiger partial charge in [-0.3, -0.25) is 0 Å². The first-order valence-corrected chi connectivity index (χ1v) is 5.39. The first kappa shape index (κ1) is 13.9. The third kappa shape index (κ3) is 6.35. The second-order valence-corrected chi connectivity index (χ2v) is 5.08. The van der Waals surface area contributed by atoms with Gasteiger partial charge in [-0.05, 0) is 40.0 Å². The molecule has 0 heterocycles. The number of nitrogens with two attached hydrogens (primary N) is 2. The van der Waals surface area contributed by atoms with Crippen LogP contribution in [0.25, 0.3) is 0 Å². The number of hydrogen-bond donors (Lipinski definition) is 2. The van der Waals surface area contributed by atoms with Crippen molar-refractivity contribution in [3.63, 3.8) is 0 Å². The molecule has 0 radical (unpaired) electrons. The molecule has 0 aromatic heterocycles. The van der Waals surface area contributed by atoms with Crippen LogP contribution in [0.5, 0.6) is 0 Å². The van der Waals surface area contributed by atoms with E-state index in [1.165, 1.54) is 0 Å². The van der Waals surface area contributed by atoms with Gasteiger partial charge in [0.15, 0.2) is 0 Å². The van der Waals surface area contributed by atoms with Gasteiger partial charge in [-0.1, -0.05) is 6.92 Å². The highest BCUT2D eigenvalue weighted by atomic mass is 16.5. The lowest BCUT2D eigenvalue weighted by molar-refractivity contribution is 0.0222. The van der Waals surface area contributed by atoms with Crippen LogP contribution in [0.15, 0.2) is 0 Å². The number of ether oxygens (including phenoxy) is 1. The molecular weight excluding hydrogens is 176 g/mol. The molecule has 0 fully saturated rings. The van der Waals surface area contributed by atoms with E-state index in [-0.39, 0.29) is 17.7 Å². The van der Waals surface area contributed by atoms with Crippen LogP contribution in [0, 0.1) is 5.92 Å². The lowest BCUT2D eigenvalue weighted by atomic mass is 9.91. The van der Waals surface area contributed by atoms with Crippen LogP contribution in [-0.4, -0.2) is 24.3 Å². The molecule has 0 spiro atoms. The Morgan fingerprint density at radius 3 is 2.07 bits per heavy atom. The van der Waals surface area contributed by atoms with E-state index < -0.39 is 0 Å². The first-order valence-electron chi connectivity index (χ1n) is 5.39. The van der Waals surface area contributed by atoms with E-state index in [1.54, 1.807) is 0 Å². The predicted molar refractivity (Wildman–Crippen MR) is 61.1 cm³/mol. The summed E-state index contributed by atoms with van der Waals surface area (Å²) in [5.74, 6) is 0.359. The molecule has 3 atom stereocenters. The van der Waals surface area contributed by atoms with E-state index in [0.29, 0.717) is 12.5 Å². The molecule has 0 saturated carbocycles. The summed E-state index contributed by atoms with van der Waals surface area (Å²) in [6, 6.07) is 0.200. The lowest BCUT2D eigenvalue weighted by Gasteiger charge is -2.28. The Morgan fingerprint density at radius 1 is 1.21 bits per heavy atom. The first-order chi connectivity index (χ1) is 6.23. The molecule has 3 unspecified atom stereocenters. The molecule has 4 N–H and O–H groups in total. The highest BCUT2D eigenvalue weighted by Gasteiger charge is 2.21. The summed E-state index contributed by atoms with van der Waals surface area (Å²) < 4.78 is 5.68. The van der Waals surface area contributed by atoms with Gasteiger partial charge in [-0.15, -0.1) is 0 Å². The topological polar surface area (TPSA) is 61.3 Å². The van der Waals surface area contributed by atoms with Gasteiger partial charge in [0, 0.05) is 11.6 Å². The molecule has 14 heavy (non-hydrogen) atoms. The van der Waals surface area contributed by atoms with Gasteiger partial charge in [0.1, 0.15) is 0 Å². The summed E-state index contributed by atoms with van der Waals surface area (Å²) in [5.41, 5.74) is 11.5. The summed E-state index contributed by atoms with van der Waals surface area (Å²) in [4.78, 5) is 0. The minimum Gasteiger partial charge on any atom is -0.378 e. The van der Waals surface area contributed by atoms with Crippen LogP contribution in [0.2, 0.25) is 0 Å². The summed E-state index contributed by atoms with van der Waals surface area (Å²) in [7, 11) is 0. The fourth-order valence-electron chi connectivity index (χ4n) is 1.11. The molecule has 3 heteroatoms. The minimum atomic E-state index is -0.173. The van der Waals surface area contributed by atoms with E-state index in [1.807, 2.05) is 20.8 Å². The maximum absolute atomic E-state index is 5.96. The van der Waals surface area contributed by atoms with Crippen molar-refractivity contribution in [2.75, 3.05) is 6.61 Å². The molecule has 0 aliphatic rings. The Morgan fingerprint density at radius 2 is 1.71 bits per heavy atom. The normalized spacial score (nSPS) is 19.1. The molecule has 0 aliphatic carbocycles. The van der Waals surface area contributed by atoms with Crippen molar-refractivity contribution in [3.8, 4) is 0 Å². The highest BCUT2D eigenvalue weighted by Crippen LogP contribution is 2.14. The average molecular weight is 202 g/mol. The van der Waals surface area contributed by atoms with Crippen LogP contribution < -0.4 is 11.5 Å². The van der Waals surface area contributed by atoms with Gasteiger partial charge in [-0.2, -0.15) is 0 Å². The van der Waals surface area contributed by atoms with Crippen molar-refractivity contribution in [1.29, 1.82) is 0 Å². The second-order valence-electron chi connectivity index (χ2n) is 5.08. The summed E-state index contributed by atoms with van der Waals surface area (Å²) in [6.45, 7) is 10.9. The van der Waals surface area contributed by atoms with Crippen LogP contribution in [-0.2, 0) is 4.74 Å². The molecule has 0 aromatic carbocycles. The molecular formula is C11H26N2O. The second kappa shape index (κ2) is 5.69. The van der Waals surface area contributed by atoms with E-state index in [2.05, 4.69) is 13.8 Å². The third-order valence-corrected chi connectivity index (χ3v) is 2.60. The molecule has 3 nitrogen and oxygen atoms in total. The van der Waals surface area contributed by atoms with Crippen molar-refractivity contribution in [3.05, 3.63) is 0 Å². The number of rotatable bonds is 6. The predicted octanol–water partition coefficient (Wildman–Crippen LogP) is 1.50. The van der Waals surface area contributed by atoms with Gasteiger partial charge in [0.2, 0.25) is 0 Å². The van der Waals surface area contributed by atoms with Crippen molar-refractivity contribution in [1.82, 2.24) is 0 Å². The summed E-state index contributed by atoms with van der Waals surface area (Å²) >= 11 is 0. The number of hydrogen-bond acceptors (Lipinski definition) is 3. The lowest BCUT2D eigenvalue weighted by Crippen LogP contribution is -2.42. The quantitative estimate of drug-likeness (QED) is 0.686. The fraction of sp³-hybridized carbons (Fsp3) is 1.00. The Balaban J connectivity index is 3.72. The largest absolute Gasteiger partial charge is 0.378 e. The molecule has 0 rings (SSSR count). The highest BCUT2D eigenvalue weighted by molar-refractivity contribution is 4.78. The SMILES string of the molecule is CC(N)CC(C)OCC(C)C(C)(C)N. The van der Waals surface area contributed by atoms with E-state index >= 15 is 0 Å². The summed E-state index contributed by atoms with van der Waals surface area (Å²) in [6.07, 6.45) is 1.12. The molecule has 0 saturated heterocycles. The Labute approximate surface area is 88.2 Å². The maximum Gasteiger partial charge on any atom is 0.0561 e. The zero-order valence-electron chi connectivity index (χ0n) is 10.2. The van der Waals surface area contributed by atoms with Gasteiger partial charge in [-0.25, -0.2) is 0 Å². The van der Waals surface area contributed by atoms with Crippen molar-refractivity contribution in [2.45, 2.75) is 58.7 Å². The van der Waals surface area contributed by atoms with Gasteiger partial charge in [0.25, 0.3) is 0 Å². The van der Waals surface area contributed by atoms with Gasteiger partial charge in [0.05, 0.1) is 12.7 Å². The van der Waals surface area contributed by atoms with Crippen molar-refractivity contribution >= 4 is 0 Å². The Bertz CT molecular complexity index is 152. The Hall–Kier alpha value is -0.120. The zero-order chi connectivity index (χ0) is 11.4. The minimum absolute atomic E-state index is 0.173. The standard InChI is InChI=1S/C11H26N2O/c1-8(11(4,5)13)7-14-10(3)6-9(2)12/h8-10H,6-7,12-13H2,1-5H3. The van der Waals surface area contributed by atoms with Crippen LogP contribution in [0.4, 0.5) is 0 Å². The van der Waals surface area contributed by atoms with Crippen LogP contribution in [0.1, 0.15) is 41.0 Å². The van der Waals surface area contributed by atoms with Crippen molar-refractivity contribution in [2.24, 2.45) is 17.4 Å². The monoisotopic (exact) mass is 202 g/mol. The fourth-order valence-corrected chi connectivity index (χ4v) is 1.11. The smallest absolute Gasteiger partial charge is 0.0561 e. The van der Waals surface area contributed by atoms with E-state index in [9.17, 15) is 0 Å². The third-order valence-electron chi connectivity index (χ3n) is 2.60. The summed E-state index contributed by atoms with van der Waals surface area (Å²) in [5, 5.41) is 0. The van der Waals surface area contributed by atoms with E-state index in [0.717, 1.165) is 6.42 Å². The zero-order valence-corrected chi connectivity index (χ0v) is 10.2. The molecule has 0 aliphatic heterocycles. The van der Waals surface area contributed by atoms with Crippen molar-refractivity contribution < 1.29 is 4.74 Å². The van der Waals surface area contributed by atoms with Gasteiger partial charge >= 0.3 is 0 Å². The molecule has 0 bridgehead atoms. The van der Waals surface area contributed by atoms with Gasteiger partial charge < -0.3 is 16.2 Å². The average Bonchev–Trinajstić information content (AvgIpc) is 1.96. The van der Waals surface area contributed by atoms with Crippen LogP contribution >= 0.6 is 0 Å². The Kier molecular flexibility index (Phi) is 5.64. The van der Waals surface area contributed by atoms with E-state index in [4.69, 9.17) is 16.2 Å². The molecule has 86 valence electrons. The maximum atomic E-state index is 5.96. The van der Waals surface area contributed by atoms with Crippen LogP contribution in [0.3, 0.4) is 0 Å².